The number of nitrogens with two attached hydrogens (primary N) is 1. The molecule has 0 bridgehead atoms. The third kappa shape index (κ3) is 5.42. The van der Waals surface area contributed by atoms with Gasteiger partial charge in [0.25, 0.3) is 0 Å². The van der Waals surface area contributed by atoms with Gasteiger partial charge in [0.05, 0.1) is 34.2 Å². The predicted molar refractivity (Wildman–Crippen MR) is 176 cm³/mol. The van der Waals surface area contributed by atoms with Crippen molar-refractivity contribution in [1.29, 1.82) is 0 Å². The molecule has 0 radical (unpaired) electrons. The molecule has 3 N–H and O–H groups in total. The van der Waals surface area contributed by atoms with E-state index in [1.54, 1.807) is 11.0 Å². The maximum Gasteiger partial charge on any atom is 0.319 e. The summed E-state index contributed by atoms with van der Waals surface area (Å²) in [5.41, 5.74) is 6.89. The average molecular weight is 672 g/mol. The Balaban J connectivity index is 0.00000172. The Bertz CT molecular complexity index is 1830. The molecule has 3 fully saturated rings. The lowest BCUT2D eigenvalue weighted by atomic mass is 9.95. The van der Waals surface area contributed by atoms with Crippen LogP contribution in [0.5, 0.6) is 6.01 Å². The van der Waals surface area contributed by atoms with Gasteiger partial charge < -0.3 is 15.4 Å². The van der Waals surface area contributed by atoms with Gasteiger partial charge in [0, 0.05) is 16.6 Å². The second kappa shape index (κ2) is 12.5. The summed E-state index contributed by atoms with van der Waals surface area (Å²) in [4.78, 5) is 18.0. The normalized spacial score (nSPS) is 23.6. The molecule has 3 unspecified atom stereocenters. The SMILES string of the molecule is CC.Nc1cc(-c2nc3c4c(nc(OCC56CCCN5CCC6)nc4c2F)N2CC(F)NC(F)C2CCC3)c2c(Cl)c(F)ccc2c1. The van der Waals surface area contributed by atoms with Crippen molar-refractivity contribution in [2.75, 3.05) is 36.9 Å². The van der Waals surface area contributed by atoms with Gasteiger partial charge >= 0.3 is 6.01 Å². The maximum absolute atomic E-state index is 16.9. The summed E-state index contributed by atoms with van der Waals surface area (Å²) in [5.74, 6) is -1.28. The van der Waals surface area contributed by atoms with Crippen LogP contribution in [0.3, 0.4) is 0 Å². The molecule has 6 heterocycles. The molecule has 2 aromatic carbocycles. The molecule has 13 heteroatoms. The van der Waals surface area contributed by atoms with Crippen LogP contribution in [0.25, 0.3) is 32.9 Å². The molecule has 2 aromatic heterocycles. The Hall–Kier alpha value is -3.48. The number of pyridine rings is 1. The molecule has 4 aliphatic rings. The smallest absolute Gasteiger partial charge is 0.319 e. The van der Waals surface area contributed by atoms with Crippen molar-refractivity contribution in [2.24, 2.45) is 0 Å². The number of nitrogen functional groups attached to an aromatic ring is 1. The van der Waals surface area contributed by atoms with Crippen molar-refractivity contribution >= 4 is 44.8 Å². The molecule has 0 aliphatic carbocycles. The first-order valence-electron chi connectivity index (χ1n) is 16.5. The maximum atomic E-state index is 16.9. The summed E-state index contributed by atoms with van der Waals surface area (Å²) in [6, 6.07) is 5.11. The van der Waals surface area contributed by atoms with E-state index in [2.05, 4.69) is 15.2 Å². The molecule has 0 spiro atoms. The van der Waals surface area contributed by atoms with Crippen LogP contribution < -0.4 is 20.7 Å². The standard InChI is InChI=1S/C32H32ClF4N7O.C2H6/c33-25-19(34)7-6-16-12-17(38)13-18(23(16)25)27-26(36)28-24-20(39-27)4-1-5-21-29(37)40-22(35)14-44(21)30(24)42-31(41-28)45-15-32-8-2-10-43(32)11-3-9-32;1-2/h6-7,12-13,21-22,29,40H,1-5,8-11,14-15,38H2;1-2H3. The zero-order valence-electron chi connectivity index (χ0n) is 26.4. The number of fused-ring (bicyclic) bond motifs is 4. The Labute approximate surface area is 275 Å². The summed E-state index contributed by atoms with van der Waals surface area (Å²) >= 11 is 6.44. The number of alkyl halides is 2. The number of benzene rings is 2. The number of aryl methyl sites for hydroxylation is 1. The molecule has 4 aliphatic heterocycles. The summed E-state index contributed by atoms with van der Waals surface area (Å²) < 4.78 is 67.9. The largest absolute Gasteiger partial charge is 0.461 e. The van der Waals surface area contributed by atoms with Crippen LogP contribution in [0.2, 0.25) is 5.02 Å². The van der Waals surface area contributed by atoms with Crippen molar-refractivity contribution in [2.45, 2.75) is 83.0 Å². The Morgan fingerprint density at radius 3 is 2.57 bits per heavy atom. The van der Waals surface area contributed by atoms with Gasteiger partial charge in [0.15, 0.2) is 18.4 Å². The number of ether oxygens (including phenoxy) is 1. The number of rotatable bonds is 4. The molecule has 250 valence electrons. The van der Waals surface area contributed by atoms with E-state index in [1.165, 1.54) is 18.2 Å². The fraction of sp³-hybridized carbons (Fsp3) is 0.500. The van der Waals surface area contributed by atoms with Gasteiger partial charge in [0.1, 0.15) is 29.5 Å². The lowest BCUT2D eigenvalue weighted by molar-refractivity contribution is 0.102. The monoisotopic (exact) mass is 671 g/mol. The zero-order valence-corrected chi connectivity index (χ0v) is 27.2. The highest BCUT2D eigenvalue weighted by Gasteiger charge is 2.45. The molecule has 0 saturated carbocycles. The first-order chi connectivity index (χ1) is 22.7. The number of piperazine rings is 1. The number of nitrogens with one attached hydrogen (secondary N) is 1. The van der Waals surface area contributed by atoms with E-state index in [-0.39, 0.29) is 56.5 Å². The number of hydrogen-bond donors (Lipinski definition) is 2. The van der Waals surface area contributed by atoms with Gasteiger partial charge in [-0.2, -0.15) is 9.97 Å². The zero-order chi connectivity index (χ0) is 33.0. The highest BCUT2D eigenvalue weighted by Crippen LogP contribution is 2.43. The fourth-order valence-corrected chi connectivity index (χ4v) is 8.20. The summed E-state index contributed by atoms with van der Waals surface area (Å²) in [6.07, 6.45) is 2.01. The summed E-state index contributed by atoms with van der Waals surface area (Å²) in [6.45, 7) is 6.12. The van der Waals surface area contributed by atoms with Gasteiger partial charge in [-0.25, -0.2) is 22.5 Å². The van der Waals surface area contributed by atoms with Gasteiger partial charge in [-0.15, -0.1) is 0 Å². The van der Waals surface area contributed by atoms with E-state index in [9.17, 15) is 8.78 Å². The van der Waals surface area contributed by atoms with Gasteiger partial charge in [-0.3, -0.25) is 10.2 Å². The minimum Gasteiger partial charge on any atom is -0.461 e. The quantitative estimate of drug-likeness (QED) is 0.135. The van der Waals surface area contributed by atoms with E-state index in [1.807, 2.05) is 13.8 Å². The topological polar surface area (TPSA) is 92.4 Å². The van der Waals surface area contributed by atoms with E-state index in [0.29, 0.717) is 42.6 Å². The first-order valence-corrected chi connectivity index (χ1v) is 16.9. The van der Waals surface area contributed by atoms with Crippen molar-refractivity contribution in [1.82, 2.24) is 25.2 Å². The van der Waals surface area contributed by atoms with Gasteiger partial charge in [0.2, 0.25) is 0 Å². The molecule has 3 atom stereocenters. The summed E-state index contributed by atoms with van der Waals surface area (Å²) in [5, 5.41) is 3.25. The number of hydrogen-bond acceptors (Lipinski definition) is 8. The first kappa shape index (κ1) is 32.1. The molecule has 8 rings (SSSR count). The lowest BCUT2D eigenvalue weighted by Crippen LogP contribution is -2.60. The second-order valence-corrected chi connectivity index (χ2v) is 13.0. The minimum atomic E-state index is -1.66. The van der Waals surface area contributed by atoms with Crippen molar-refractivity contribution < 1.29 is 22.3 Å². The van der Waals surface area contributed by atoms with Gasteiger partial charge in [-0.1, -0.05) is 31.5 Å². The van der Waals surface area contributed by atoms with Crippen LogP contribution in [0.15, 0.2) is 24.3 Å². The Morgan fingerprint density at radius 1 is 1.04 bits per heavy atom. The van der Waals surface area contributed by atoms with Crippen LogP contribution in [-0.4, -0.2) is 70.3 Å². The molecule has 0 amide bonds. The highest BCUT2D eigenvalue weighted by atomic mass is 35.5. The van der Waals surface area contributed by atoms with Crippen LogP contribution in [0.1, 0.15) is 58.1 Å². The predicted octanol–water partition coefficient (Wildman–Crippen LogP) is 7.10. The average Bonchev–Trinajstić information content (AvgIpc) is 3.64. The Morgan fingerprint density at radius 2 is 1.81 bits per heavy atom. The number of aromatic nitrogens is 3. The van der Waals surface area contributed by atoms with Crippen LogP contribution in [0.4, 0.5) is 29.1 Å². The molecule has 47 heavy (non-hydrogen) atoms. The molecular formula is C34H38ClF4N7O. The number of nitrogens with zero attached hydrogens (tertiary/aromatic N) is 5. The molecular weight excluding hydrogens is 634 g/mol. The highest BCUT2D eigenvalue weighted by molar-refractivity contribution is 6.37. The molecule has 4 aromatic rings. The van der Waals surface area contributed by atoms with E-state index < -0.39 is 30.3 Å². The minimum absolute atomic E-state index is 0.0715. The third-order valence-corrected chi connectivity index (χ3v) is 10.4. The number of halogens is 5. The summed E-state index contributed by atoms with van der Waals surface area (Å²) in [7, 11) is 0. The van der Waals surface area contributed by atoms with Crippen LogP contribution >= 0.6 is 11.6 Å². The third-order valence-electron chi connectivity index (χ3n) is 10.0. The fourth-order valence-electron chi connectivity index (χ4n) is 7.93. The lowest BCUT2D eigenvalue weighted by Gasteiger charge is -2.42. The van der Waals surface area contributed by atoms with Crippen molar-refractivity contribution in [3.63, 3.8) is 0 Å². The molecule has 8 nitrogen and oxygen atoms in total. The van der Waals surface area contributed by atoms with Crippen molar-refractivity contribution in [3.05, 3.63) is 46.6 Å². The van der Waals surface area contributed by atoms with Crippen molar-refractivity contribution in [3.8, 4) is 17.3 Å². The van der Waals surface area contributed by atoms with Crippen LogP contribution in [-0.2, 0) is 6.42 Å². The molecule has 3 saturated heterocycles. The van der Waals surface area contributed by atoms with Crippen LogP contribution in [0, 0.1) is 11.6 Å². The Kier molecular flexibility index (Phi) is 8.55. The van der Waals surface area contributed by atoms with E-state index >= 15 is 8.78 Å². The van der Waals surface area contributed by atoms with E-state index in [4.69, 9.17) is 32.0 Å². The van der Waals surface area contributed by atoms with E-state index in [0.717, 1.165) is 38.8 Å². The van der Waals surface area contributed by atoms with Gasteiger partial charge in [-0.05, 0) is 81.6 Å². The number of anilines is 2. The second-order valence-electron chi connectivity index (χ2n) is 12.7.